The summed E-state index contributed by atoms with van der Waals surface area (Å²) in [5.74, 6) is -0.183. The van der Waals surface area contributed by atoms with Crippen LogP contribution in [0.25, 0.3) is 0 Å². The summed E-state index contributed by atoms with van der Waals surface area (Å²) >= 11 is 0. The van der Waals surface area contributed by atoms with E-state index in [1.165, 1.54) is 24.4 Å². The third-order valence-corrected chi connectivity index (χ3v) is 1.94. The minimum atomic E-state index is -0.426. The first-order chi connectivity index (χ1) is 8.15. The Morgan fingerprint density at radius 2 is 2.12 bits per heavy atom. The average Bonchev–Trinajstić information content (AvgIpc) is 2.33. The molecular weight excluding hydrogens is 222 g/mol. The van der Waals surface area contributed by atoms with Gasteiger partial charge in [-0.15, -0.1) is 0 Å². The topological polar surface area (TPSA) is 114 Å². The van der Waals surface area contributed by atoms with Crippen molar-refractivity contribution in [3.63, 3.8) is 0 Å². The van der Waals surface area contributed by atoms with Gasteiger partial charge in [0.1, 0.15) is 5.69 Å². The van der Waals surface area contributed by atoms with Crippen LogP contribution in [0.1, 0.15) is 10.5 Å². The van der Waals surface area contributed by atoms with E-state index in [2.05, 4.69) is 20.5 Å². The monoisotopic (exact) mass is 231 g/mol. The number of amides is 1. The van der Waals surface area contributed by atoms with Gasteiger partial charge in [-0.1, -0.05) is 0 Å². The first-order valence-electron chi connectivity index (χ1n) is 4.74. The molecule has 0 fully saturated rings. The van der Waals surface area contributed by atoms with E-state index in [-0.39, 0.29) is 17.1 Å². The molecule has 7 nitrogen and oxygen atoms in total. The van der Waals surface area contributed by atoms with Crippen molar-refractivity contribution in [3.8, 4) is 0 Å². The Morgan fingerprint density at radius 1 is 1.29 bits per heavy atom. The van der Waals surface area contributed by atoms with E-state index in [4.69, 9.17) is 5.73 Å². The number of anilines is 2. The van der Waals surface area contributed by atoms with Crippen molar-refractivity contribution in [2.24, 2.45) is 0 Å². The van der Waals surface area contributed by atoms with Gasteiger partial charge in [0, 0.05) is 6.07 Å². The first-order valence-corrected chi connectivity index (χ1v) is 4.74. The molecule has 0 bridgehead atoms. The van der Waals surface area contributed by atoms with Crippen molar-refractivity contribution in [2.45, 2.75) is 0 Å². The number of hydrogen-bond donors (Lipinski definition) is 3. The van der Waals surface area contributed by atoms with Gasteiger partial charge < -0.3 is 11.1 Å². The molecule has 2 heterocycles. The molecule has 0 aromatic carbocycles. The number of carbonyl (C=O) groups excluding carboxylic acids is 1. The summed E-state index contributed by atoms with van der Waals surface area (Å²) < 4.78 is 0. The second kappa shape index (κ2) is 4.44. The van der Waals surface area contributed by atoms with Crippen molar-refractivity contribution >= 4 is 17.4 Å². The van der Waals surface area contributed by atoms with Crippen LogP contribution in [-0.2, 0) is 0 Å². The summed E-state index contributed by atoms with van der Waals surface area (Å²) in [4.78, 5) is 26.3. The molecule has 0 atom stereocenters. The Kier molecular flexibility index (Phi) is 2.82. The molecular formula is C10H9N5O2. The van der Waals surface area contributed by atoms with E-state index >= 15 is 0 Å². The summed E-state index contributed by atoms with van der Waals surface area (Å²) in [7, 11) is 0. The molecule has 0 unspecified atom stereocenters. The number of aromatic amines is 1. The number of nitrogens with one attached hydrogen (secondary N) is 2. The summed E-state index contributed by atoms with van der Waals surface area (Å²) in [6.45, 7) is 0. The second-order valence-electron chi connectivity index (χ2n) is 3.24. The number of aromatic nitrogens is 3. The van der Waals surface area contributed by atoms with Crippen LogP contribution < -0.4 is 16.6 Å². The SMILES string of the molecule is Nc1ccc(C(=O)Nc2ccc(=O)[nH]n2)nc1. The van der Waals surface area contributed by atoms with Crippen LogP contribution in [0.15, 0.2) is 35.3 Å². The number of nitrogen functional groups attached to an aromatic ring is 1. The highest BCUT2D eigenvalue weighted by Gasteiger charge is 2.07. The third kappa shape index (κ3) is 2.65. The summed E-state index contributed by atoms with van der Waals surface area (Å²) in [6, 6.07) is 5.73. The molecule has 0 saturated heterocycles. The minimum Gasteiger partial charge on any atom is -0.397 e. The van der Waals surface area contributed by atoms with Crippen LogP contribution in [0.5, 0.6) is 0 Å². The number of nitrogens with zero attached hydrogens (tertiary/aromatic N) is 2. The lowest BCUT2D eigenvalue weighted by Gasteiger charge is -2.02. The summed E-state index contributed by atoms with van der Waals surface area (Å²) in [6.07, 6.45) is 1.38. The highest BCUT2D eigenvalue weighted by Crippen LogP contribution is 2.04. The highest BCUT2D eigenvalue weighted by atomic mass is 16.2. The van der Waals surface area contributed by atoms with E-state index in [1.54, 1.807) is 6.07 Å². The molecule has 0 spiro atoms. The maximum atomic E-state index is 11.7. The van der Waals surface area contributed by atoms with Crippen LogP contribution in [0.3, 0.4) is 0 Å². The normalized spacial score (nSPS) is 9.88. The van der Waals surface area contributed by atoms with E-state index in [9.17, 15) is 9.59 Å². The van der Waals surface area contributed by atoms with Crippen molar-refractivity contribution in [1.82, 2.24) is 15.2 Å². The molecule has 4 N–H and O–H groups in total. The van der Waals surface area contributed by atoms with Crippen molar-refractivity contribution in [1.29, 1.82) is 0 Å². The first kappa shape index (κ1) is 10.8. The number of H-pyrrole nitrogens is 1. The largest absolute Gasteiger partial charge is 0.397 e. The molecule has 0 aliphatic carbocycles. The van der Waals surface area contributed by atoms with E-state index in [0.717, 1.165) is 0 Å². The van der Waals surface area contributed by atoms with E-state index in [0.29, 0.717) is 5.69 Å². The van der Waals surface area contributed by atoms with Gasteiger partial charge in [0.05, 0.1) is 11.9 Å². The van der Waals surface area contributed by atoms with Crippen molar-refractivity contribution < 1.29 is 4.79 Å². The number of rotatable bonds is 2. The minimum absolute atomic E-state index is 0.215. The number of nitrogens with two attached hydrogens (primary N) is 1. The molecule has 0 aliphatic rings. The highest BCUT2D eigenvalue weighted by molar-refractivity contribution is 6.02. The number of hydrogen-bond acceptors (Lipinski definition) is 5. The molecule has 0 radical (unpaired) electrons. The Labute approximate surface area is 95.7 Å². The Bertz CT molecular complexity index is 570. The molecule has 86 valence electrons. The van der Waals surface area contributed by atoms with Gasteiger partial charge in [-0.3, -0.25) is 9.59 Å². The fraction of sp³-hybridized carbons (Fsp3) is 0. The predicted octanol–water partition coefficient (Wildman–Crippen LogP) is -0.000600. The maximum Gasteiger partial charge on any atom is 0.275 e. The number of pyridine rings is 1. The Balaban J connectivity index is 2.14. The summed E-state index contributed by atoms with van der Waals surface area (Å²) in [5, 5.41) is 8.33. The molecule has 2 aromatic rings. The molecule has 0 aliphatic heterocycles. The maximum absolute atomic E-state index is 11.7. The van der Waals surface area contributed by atoms with Gasteiger partial charge in [-0.05, 0) is 18.2 Å². The Hall–Kier alpha value is -2.70. The zero-order valence-electron chi connectivity index (χ0n) is 8.68. The lowest BCUT2D eigenvalue weighted by molar-refractivity contribution is 0.102. The molecule has 1 amide bonds. The number of carbonyl (C=O) groups is 1. The van der Waals surface area contributed by atoms with Gasteiger partial charge in [-0.25, -0.2) is 10.1 Å². The van der Waals surface area contributed by atoms with Crippen LogP contribution in [0.2, 0.25) is 0 Å². The van der Waals surface area contributed by atoms with Crippen molar-refractivity contribution in [2.75, 3.05) is 11.1 Å². The van der Waals surface area contributed by atoms with Crippen LogP contribution in [-0.4, -0.2) is 21.1 Å². The van der Waals surface area contributed by atoms with Gasteiger partial charge in [-0.2, -0.15) is 5.10 Å². The van der Waals surface area contributed by atoms with Crippen LogP contribution >= 0.6 is 0 Å². The fourth-order valence-corrected chi connectivity index (χ4v) is 1.13. The van der Waals surface area contributed by atoms with Gasteiger partial charge in [0.2, 0.25) is 0 Å². The zero-order valence-corrected chi connectivity index (χ0v) is 8.68. The summed E-state index contributed by atoms with van der Waals surface area (Å²) in [5.41, 5.74) is 5.80. The van der Waals surface area contributed by atoms with E-state index < -0.39 is 5.91 Å². The quantitative estimate of drug-likeness (QED) is 0.673. The zero-order chi connectivity index (χ0) is 12.3. The third-order valence-electron chi connectivity index (χ3n) is 1.94. The molecule has 7 heteroatoms. The molecule has 2 rings (SSSR count). The standard InChI is InChI=1S/C10H9N5O2/c11-6-1-2-7(12-5-6)10(17)13-8-3-4-9(16)15-14-8/h1-5H,11H2,(H,15,16)(H,13,14,17). The lowest BCUT2D eigenvalue weighted by Crippen LogP contribution is -2.16. The van der Waals surface area contributed by atoms with Gasteiger partial charge >= 0.3 is 0 Å². The predicted molar refractivity (Wildman–Crippen MR) is 61.5 cm³/mol. The fourth-order valence-electron chi connectivity index (χ4n) is 1.13. The molecule has 0 saturated carbocycles. The average molecular weight is 231 g/mol. The van der Waals surface area contributed by atoms with Gasteiger partial charge in [0.15, 0.2) is 5.82 Å². The van der Waals surface area contributed by atoms with Crippen LogP contribution in [0.4, 0.5) is 11.5 Å². The second-order valence-corrected chi connectivity index (χ2v) is 3.24. The van der Waals surface area contributed by atoms with Crippen LogP contribution in [0, 0.1) is 0 Å². The lowest BCUT2D eigenvalue weighted by atomic mass is 10.3. The smallest absolute Gasteiger partial charge is 0.275 e. The molecule has 2 aromatic heterocycles. The Morgan fingerprint density at radius 3 is 2.71 bits per heavy atom. The van der Waals surface area contributed by atoms with E-state index in [1.807, 2.05) is 0 Å². The van der Waals surface area contributed by atoms with Gasteiger partial charge in [0.25, 0.3) is 11.5 Å². The van der Waals surface area contributed by atoms with Crippen molar-refractivity contribution in [3.05, 3.63) is 46.5 Å². The molecule has 17 heavy (non-hydrogen) atoms.